The van der Waals surface area contributed by atoms with E-state index < -0.39 is 22.0 Å². The van der Waals surface area contributed by atoms with Crippen molar-refractivity contribution in [3.05, 3.63) is 97.9 Å². The Morgan fingerprint density at radius 3 is 1.52 bits per heavy atom. The van der Waals surface area contributed by atoms with Crippen LogP contribution in [0, 0.1) is 20.2 Å². The maximum absolute atomic E-state index is 11.3. The van der Waals surface area contributed by atoms with E-state index in [4.69, 9.17) is 5.73 Å². The summed E-state index contributed by atoms with van der Waals surface area (Å²) in [5.74, 6) is 0. The number of nitro groups is 2. The average Bonchev–Trinajstić information content (AvgIpc) is 3.08. The van der Waals surface area contributed by atoms with Crippen LogP contribution in [-0.4, -0.2) is 96.2 Å². The van der Waals surface area contributed by atoms with Crippen molar-refractivity contribution < 1.29 is 19.7 Å². The second kappa shape index (κ2) is 14.6. The van der Waals surface area contributed by atoms with Crippen LogP contribution < -0.4 is 5.73 Å². The van der Waals surface area contributed by atoms with Crippen LogP contribution >= 0.6 is 0 Å². The van der Waals surface area contributed by atoms with Crippen LogP contribution in [0.4, 0.5) is 11.4 Å². The Morgan fingerprint density at radius 2 is 1.14 bits per heavy atom. The minimum atomic E-state index is -1.14. The first-order valence-corrected chi connectivity index (χ1v) is 13.4. The van der Waals surface area contributed by atoms with Crippen LogP contribution in [0.2, 0.25) is 0 Å². The molecular weight excluding hydrogens is 546 g/mol. The molecule has 4 rings (SSSR count). The molecule has 42 heavy (non-hydrogen) atoms. The van der Waals surface area contributed by atoms with E-state index in [-0.39, 0.29) is 11.4 Å². The number of hydrogen-bond donors (Lipinski definition) is 2. The summed E-state index contributed by atoms with van der Waals surface area (Å²) >= 11 is 0. The van der Waals surface area contributed by atoms with Crippen molar-refractivity contribution >= 4 is 17.7 Å². The fourth-order valence-electron chi connectivity index (χ4n) is 4.74. The summed E-state index contributed by atoms with van der Waals surface area (Å²) in [5, 5.41) is 32.9. The Morgan fingerprint density at radius 1 is 0.762 bits per heavy atom. The zero-order chi connectivity index (χ0) is 30.1. The normalized spacial score (nSPS) is 17.0. The third-order valence-electron chi connectivity index (χ3n) is 7.08. The van der Waals surface area contributed by atoms with Gasteiger partial charge in [-0.15, -0.1) is 0 Å². The summed E-state index contributed by atoms with van der Waals surface area (Å²) in [4.78, 5) is 52.3. The van der Waals surface area contributed by atoms with Crippen LogP contribution in [0.5, 0.6) is 0 Å². The highest BCUT2D eigenvalue weighted by Gasteiger charge is 2.21. The van der Waals surface area contributed by atoms with Gasteiger partial charge in [0.05, 0.1) is 33.0 Å². The Labute approximate surface area is 241 Å². The lowest BCUT2D eigenvalue weighted by atomic mass is 10.0. The first-order valence-electron chi connectivity index (χ1n) is 13.4. The number of aliphatic hydroxyl groups excluding tert-OH is 1. The molecule has 1 aliphatic rings. The number of nitrogens with two attached hydrogens (primary N) is 1. The molecule has 15 heteroatoms. The van der Waals surface area contributed by atoms with Crippen LogP contribution in [0.15, 0.2) is 55.0 Å². The fourth-order valence-corrected chi connectivity index (χ4v) is 4.74. The van der Waals surface area contributed by atoms with E-state index in [1.165, 1.54) is 36.7 Å². The largest absolute Gasteiger partial charge is 0.386 e. The molecule has 3 N–H and O–H groups in total. The highest BCUT2D eigenvalue weighted by atomic mass is 16.6. The number of aromatic nitrogens is 3. The average molecular weight is 580 g/mol. The van der Waals surface area contributed by atoms with E-state index in [0.717, 1.165) is 0 Å². The minimum Gasteiger partial charge on any atom is -0.386 e. The summed E-state index contributed by atoms with van der Waals surface area (Å²) < 4.78 is 0. The molecule has 0 saturated carbocycles. The molecule has 15 nitrogen and oxygen atoms in total. The first-order chi connectivity index (χ1) is 20.2. The smallest absolute Gasteiger partial charge is 0.272 e. The van der Waals surface area contributed by atoms with E-state index in [1.54, 1.807) is 18.3 Å². The molecule has 1 aliphatic heterocycles. The third kappa shape index (κ3) is 8.61. The minimum absolute atomic E-state index is 0.0216. The zero-order valence-corrected chi connectivity index (χ0v) is 22.9. The molecule has 1 saturated heterocycles. The molecule has 222 valence electrons. The molecule has 0 aliphatic carbocycles. The molecule has 0 bridgehead atoms. The maximum atomic E-state index is 11.3. The van der Waals surface area contributed by atoms with E-state index >= 15 is 0 Å². The lowest BCUT2D eigenvalue weighted by molar-refractivity contribution is -0.385. The highest BCUT2D eigenvalue weighted by molar-refractivity contribution is 5.58. The SMILES string of the molecule is N[C@H](C=O)[C@@H](O)c1ccnc(CN2CCN(Cc3cc([N+](=O)[O-])ccn3)CCN(Cc3cc([N+](=O)[O-])ccn3)CC2)c1. The van der Waals surface area contributed by atoms with Crippen molar-refractivity contribution in [2.45, 2.75) is 31.8 Å². The molecule has 4 heterocycles. The number of hydrogen-bond acceptors (Lipinski definition) is 13. The predicted molar refractivity (Wildman–Crippen MR) is 151 cm³/mol. The van der Waals surface area contributed by atoms with Gasteiger partial charge in [0.15, 0.2) is 0 Å². The predicted octanol–water partition coefficient (Wildman–Crippen LogP) is 1.07. The zero-order valence-electron chi connectivity index (χ0n) is 22.9. The van der Waals surface area contributed by atoms with Gasteiger partial charge in [-0.1, -0.05) is 0 Å². The van der Waals surface area contributed by atoms with Gasteiger partial charge in [0.25, 0.3) is 11.4 Å². The van der Waals surface area contributed by atoms with Crippen molar-refractivity contribution in [1.82, 2.24) is 29.7 Å². The van der Waals surface area contributed by atoms with E-state index in [9.17, 15) is 30.1 Å². The summed E-state index contributed by atoms with van der Waals surface area (Å²) in [5.41, 5.74) is 8.02. The quantitative estimate of drug-likeness (QED) is 0.186. The van der Waals surface area contributed by atoms with Crippen LogP contribution in [0.25, 0.3) is 0 Å². The van der Waals surface area contributed by atoms with Gasteiger partial charge in [0.2, 0.25) is 0 Å². The molecule has 1 fully saturated rings. The standard InChI is InChI=1S/C27H33N9O6/c28-26(19-37)27(38)20-1-4-29-21(13-20)16-32-7-9-33(17-22-14-24(35(39)40)2-5-30-22)11-12-34(10-8-32)18-23-15-25(36(41)42)3-6-31-23/h1-6,13-15,19,26-27,38H,7-12,16-18,28H2/t26-,27+/m1/s1. The lowest BCUT2D eigenvalue weighted by Crippen LogP contribution is -2.36. The second-order valence-electron chi connectivity index (χ2n) is 10.1. The number of nitrogens with zero attached hydrogens (tertiary/aromatic N) is 8. The van der Waals surface area contributed by atoms with Crippen molar-refractivity contribution in [1.29, 1.82) is 0 Å². The third-order valence-corrected chi connectivity index (χ3v) is 7.08. The Hall–Kier alpha value is -4.28. The first kappa shape index (κ1) is 30.7. The summed E-state index contributed by atoms with van der Waals surface area (Å²) in [7, 11) is 0. The van der Waals surface area contributed by atoms with Crippen molar-refractivity contribution in [3.63, 3.8) is 0 Å². The molecule has 0 amide bonds. The molecule has 0 radical (unpaired) electrons. The fraction of sp³-hybridized carbons (Fsp3) is 0.407. The van der Waals surface area contributed by atoms with Crippen LogP contribution in [-0.2, 0) is 24.4 Å². The van der Waals surface area contributed by atoms with Crippen LogP contribution in [0.1, 0.15) is 28.7 Å². The van der Waals surface area contributed by atoms with Gasteiger partial charge < -0.3 is 15.6 Å². The van der Waals surface area contributed by atoms with Gasteiger partial charge in [0.1, 0.15) is 12.4 Å². The van der Waals surface area contributed by atoms with Gasteiger partial charge in [-0.25, -0.2) is 0 Å². The highest BCUT2D eigenvalue weighted by Crippen LogP contribution is 2.18. The lowest BCUT2D eigenvalue weighted by Gasteiger charge is -2.25. The van der Waals surface area contributed by atoms with Crippen molar-refractivity contribution in [2.75, 3.05) is 39.3 Å². The molecule has 0 aromatic carbocycles. The number of pyridine rings is 3. The van der Waals surface area contributed by atoms with Gasteiger partial charge in [0, 0.05) is 102 Å². The van der Waals surface area contributed by atoms with Gasteiger partial charge in [-0.05, 0) is 17.7 Å². The van der Waals surface area contributed by atoms with Gasteiger partial charge >= 0.3 is 0 Å². The van der Waals surface area contributed by atoms with Crippen LogP contribution in [0.3, 0.4) is 0 Å². The molecule has 3 aromatic heterocycles. The summed E-state index contributed by atoms with van der Waals surface area (Å²) in [6, 6.07) is 7.97. The maximum Gasteiger partial charge on any atom is 0.272 e. The van der Waals surface area contributed by atoms with Crippen molar-refractivity contribution in [2.24, 2.45) is 5.73 Å². The molecule has 2 atom stereocenters. The summed E-state index contributed by atoms with van der Waals surface area (Å²) in [6.07, 6.45) is 3.79. The molecular formula is C27H33N9O6. The number of rotatable bonds is 11. The van der Waals surface area contributed by atoms with E-state index in [2.05, 4.69) is 29.7 Å². The summed E-state index contributed by atoms with van der Waals surface area (Å²) in [6.45, 7) is 5.14. The Kier molecular flexibility index (Phi) is 10.6. The van der Waals surface area contributed by atoms with E-state index in [0.29, 0.717) is 87.8 Å². The number of carbonyl (C=O) groups is 1. The monoisotopic (exact) mass is 579 g/mol. The number of aliphatic hydroxyl groups is 1. The Bertz CT molecular complexity index is 1320. The Balaban J connectivity index is 1.53. The van der Waals surface area contributed by atoms with Crippen molar-refractivity contribution in [3.8, 4) is 0 Å². The molecule has 0 spiro atoms. The topological polar surface area (TPSA) is 198 Å². The molecule has 3 aromatic rings. The molecule has 0 unspecified atom stereocenters. The number of aldehydes is 1. The van der Waals surface area contributed by atoms with Gasteiger partial charge in [-0.2, -0.15) is 0 Å². The van der Waals surface area contributed by atoms with E-state index in [1.807, 2.05) is 0 Å². The number of carbonyl (C=O) groups excluding carboxylic acids is 1. The second-order valence-corrected chi connectivity index (χ2v) is 10.1. The van der Waals surface area contributed by atoms with Gasteiger partial charge in [-0.3, -0.25) is 49.9 Å².